The Hall–Kier alpha value is -1.14. The van der Waals surface area contributed by atoms with Crippen molar-refractivity contribution in [3.8, 4) is 0 Å². The second-order valence-electron chi connectivity index (χ2n) is 3.97. The molecular formula is C11H19N3O2S. The number of nitrogens with zero attached hydrogens (tertiary/aromatic N) is 2. The lowest BCUT2D eigenvalue weighted by Crippen LogP contribution is -2.40. The number of amides is 2. The van der Waals surface area contributed by atoms with E-state index in [-0.39, 0.29) is 18.7 Å². The third kappa shape index (κ3) is 3.98. The topological polar surface area (TPSA) is 65.5 Å². The zero-order valence-corrected chi connectivity index (χ0v) is 11.3. The molecule has 0 saturated carbocycles. The number of hydrogen-bond acceptors (Lipinski definition) is 4. The number of aliphatic hydroxyl groups excluding tert-OH is 1. The van der Waals surface area contributed by atoms with Gasteiger partial charge in [0.05, 0.1) is 18.3 Å². The number of aryl methyl sites for hydroxylation is 1. The van der Waals surface area contributed by atoms with Crippen LogP contribution < -0.4 is 5.32 Å². The highest BCUT2D eigenvalue weighted by Gasteiger charge is 2.15. The van der Waals surface area contributed by atoms with Gasteiger partial charge in [0.2, 0.25) is 0 Å². The number of carbonyl (C=O) groups is 1. The van der Waals surface area contributed by atoms with Gasteiger partial charge in [-0.2, -0.15) is 0 Å². The predicted octanol–water partition coefficient (Wildman–Crippen LogP) is 1.94. The van der Waals surface area contributed by atoms with Crippen LogP contribution in [0.15, 0.2) is 5.38 Å². The van der Waals surface area contributed by atoms with Crippen molar-refractivity contribution in [2.75, 3.05) is 19.0 Å². The molecule has 5 nitrogen and oxygen atoms in total. The number of rotatable bonds is 5. The third-order valence-electron chi connectivity index (χ3n) is 2.52. The van der Waals surface area contributed by atoms with Crippen LogP contribution in [-0.4, -0.2) is 40.7 Å². The van der Waals surface area contributed by atoms with Crippen LogP contribution in [0.25, 0.3) is 0 Å². The summed E-state index contributed by atoms with van der Waals surface area (Å²) in [4.78, 5) is 17.5. The number of aliphatic hydroxyl groups is 1. The Balaban J connectivity index is 2.55. The maximum atomic E-state index is 11.8. The van der Waals surface area contributed by atoms with Gasteiger partial charge in [-0.05, 0) is 13.3 Å². The van der Waals surface area contributed by atoms with Crippen molar-refractivity contribution in [2.45, 2.75) is 32.7 Å². The maximum Gasteiger partial charge on any atom is 0.323 e. The van der Waals surface area contributed by atoms with E-state index in [9.17, 15) is 4.79 Å². The first kappa shape index (κ1) is 13.9. The SMILES string of the molecule is CCCc1csc(NC(=O)N(C)C(C)CO)n1. The number of hydrogen-bond donors (Lipinski definition) is 2. The molecule has 0 spiro atoms. The third-order valence-corrected chi connectivity index (χ3v) is 3.32. The van der Waals surface area contributed by atoms with Crippen LogP contribution in [0, 0.1) is 0 Å². The molecule has 1 rings (SSSR count). The molecule has 0 aliphatic carbocycles. The number of carbonyl (C=O) groups excluding carboxylic acids is 1. The van der Waals surface area contributed by atoms with Crippen molar-refractivity contribution in [1.82, 2.24) is 9.88 Å². The monoisotopic (exact) mass is 257 g/mol. The highest BCUT2D eigenvalue weighted by atomic mass is 32.1. The molecule has 1 aromatic heterocycles. The largest absolute Gasteiger partial charge is 0.394 e. The van der Waals surface area contributed by atoms with Crippen LogP contribution in [0.5, 0.6) is 0 Å². The van der Waals surface area contributed by atoms with Crippen LogP contribution in [0.3, 0.4) is 0 Å². The summed E-state index contributed by atoms with van der Waals surface area (Å²) in [5, 5.41) is 14.2. The van der Waals surface area contributed by atoms with E-state index in [4.69, 9.17) is 5.11 Å². The normalized spacial score (nSPS) is 12.2. The van der Waals surface area contributed by atoms with E-state index in [1.54, 1.807) is 14.0 Å². The molecule has 1 unspecified atom stereocenters. The van der Waals surface area contributed by atoms with Crippen LogP contribution in [0.4, 0.5) is 9.93 Å². The fourth-order valence-corrected chi connectivity index (χ4v) is 1.97. The second-order valence-corrected chi connectivity index (χ2v) is 4.82. The number of thiazole rings is 1. The zero-order valence-electron chi connectivity index (χ0n) is 10.4. The summed E-state index contributed by atoms with van der Waals surface area (Å²) in [7, 11) is 1.65. The van der Waals surface area contributed by atoms with Crippen molar-refractivity contribution in [3.05, 3.63) is 11.1 Å². The molecule has 2 amide bonds. The lowest BCUT2D eigenvalue weighted by Gasteiger charge is -2.22. The quantitative estimate of drug-likeness (QED) is 0.847. The molecule has 0 radical (unpaired) electrons. The average Bonchev–Trinajstić information content (AvgIpc) is 2.75. The summed E-state index contributed by atoms with van der Waals surface area (Å²) < 4.78 is 0. The molecule has 2 N–H and O–H groups in total. The molecular weight excluding hydrogens is 238 g/mol. The number of nitrogens with one attached hydrogen (secondary N) is 1. The Morgan fingerprint density at radius 1 is 1.71 bits per heavy atom. The van der Waals surface area contributed by atoms with Gasteiger partial charge in [0.15, 0.2) is 5.13 Å². The Morgan fingerprint density at radius 2 is 2.41 bits per heavy atom. The fraction of sp³-hybridized carbons (Fsp3) is 0.636. The van der Waals surface area contributed by atoms with E-state index in [2.05, 4.69) is 17.2 Å². The van der Waals surface area contributed by atoms with Gasteiger partial charge < -0.3 is 10.0 Å². The summed E-state index contributed by atoms with van der Waals surface area (Å²) in [5.74, 6) is 0. The lowest BCUT2D eigenvalue weighted by molar-refractivity contribution is 0.166. The number of likely N-dealkylation sites (N-methyl/N-ethyl adjacent to an activating group) is 1. The first-order chi connectivity index (χ1) is 8.08. The van der Waals surface area contributed by atoms with Crippen LogP contribution in [0.2, 0.25) is 0 Å². The van der Waals surface area contributed by atoms with Crippen molar-refractivity contribution in [3.63, 3.8) is 0 Å². The fourth-order valence-electron chi connectivity index (χ4n) is 1.24. The summed E-state index contributed by atoms with van der Waals surface area (Å²) in [5.41, 5.74) is 1.01. The van der Waals surface area contributed by atoms with E-state index in [1.807, 2.05) is 5.38 Å². The van der Waals surface area contributed by atoms with Crippen LogP contribution in [0.1, 0.15) is 26.0 Å². The minimum Gasteiger partial charge on any atom is -0.394 e. The van der Waals surface area contributed by atoms with E-state index in [0.29, 0.717) is 5.13 Å². The van der Waals surface area contributed by atoms with Crippen molar-refractivity contribution >= 4 is 22.5 Å². The van der Waals surface area contributed by atoms with Crippen LogP contribution >= 0.6 is 11.3 Å². The van der Waals surface area contributed by atoms with E-state index < -0.39 is 0 Å². The Morgan fingerprint density at radius 3 is 3.00 bits per heavy atom. The molecule has 0 aliphatic heterocycles. The summed E-state index contributed by atoms with van der Waals surface area (Å²) in [6.45, 7) is 3.82. The van der Waals surface area contributed by atoms with Gasteiger partial charge in [0.1, 0.15) is 0 Å². The van der Waals surface area contributed by atoms with Gasteiger partial charge in [-0.15, -0.1) is 11.3 Å². The van der Waals surface area contributed by atoms with Crippen LogP contribution in [-0.2, 0) is 6.42 Å². The molecule has 1 heterocycles. The van der Waals surface area contributed by atoms with Gasteiger partial charge in [-0.3, -0.25) is 5.32 Å². The highest BCUT2D eigenvalue weighted by Crippen LogP contribution is 2.17. The Bertz CT molecular complexity index is 367. The smallest absolute Gasteiger partial charge is 0.323 e. The second kappa shape index (κ2) is 6.56. The minimum atomic E-state index is -0.246. The Labute approximate surface area is 105 Å². The van der Waals surface area contributed by atoms with E-state index in [1.165, 1.54) is 16.2 Å². The molecule has 1 atom stereocenters. The molecule has 96 valence electrons. The van der Waals surface area contributed by atoms with E-state index in [0.717, 1.165) is 18.5 Å². The number of aromatic nitrogens is 1. The van der Waals surface area contributed by atoms with Gasteiger partial charge in [-0.1, -0.05) is 13.3 Å². The maximum absolute atomic E-state index is 11.8. The highest BCUT2D eigenvalue weighted by molar-refractivity contribution is 7.13. The minimum absolute atomic E-state index is 0.0527. The van der Waals surface area contributed by atoms with Crippen molar-refractivity contribution in [2.24, 2.45) is 0 Å². The van der Waals surface area contributed by atoms with Gasteiger partial charge in [0.25, 0.3) is 0 Å². The lowest BCUT2D eigenvalue weighted by atomic mass is 10.3. The van der Waals surface area contributed by atoms with Crippen molar-refractivity contribution < 1.29 is 9.90 Å². The standard InChI is InChI=1S/C11H19N3O2S/c1-4-5-9-7-17-10(12-9)13-11(16)14(3)8(2)6-15/h7-8,15H,4-6H2,1-3H3,(H,12,13,16). The predicted molar refractivity (Wildman–Crippen MR) is 69.4 cm³/mol. The zero-order chi connectivity index (χ0) is 12.8. The molecule has 0 fully saturated rings. The number of urea groups is 1. The summed E-state index contributed by atoms with van der Waals surface area (Å²) in [6.07, 6.45) is 1.97. The summed E-state index contributed by atoms with van der Waals surface area (Å²) in [6, 6.07) is -0.450. The van der Waals surface area contributed by atoms with Crippen molar-refractivity contribution in [1.29, 1.82) is 0 Å². The van der Waals surface area contributed by atoms with Gasteiger partial charge in [0, 0.05) is 12.4 Å². The average molecular weight is 257 g/mol. The molecule has 17 heavy (non-hydrogen) atoms. The first-order valence-electron chi connectivity index (χ1n) is 5.67. The summed E-state index contributed by atoms with van der Waals surface area (Å²) >= 11 is 1.42. The Kier molecular flexibility index (Phi) is 5.37. The van der Waals surface area contributed by atoms with Gasteiger partial charge >= 0.3 is 6.03 Å². The molecule has 0 bridgehead atoms. The molecule has 0 aliphatic rings. The molecule has 0 aromatic carbocycles. The number of anilines is 1. The molecule has 6 heteroatoms. The van der Waals surface area contributed by atoms with E-state index >= 15 is 0 Å². The van der Waals surface area contributed by atoms with Gasteiger partial charge in [-0.25, -0.2) is 9.78 Å². The first-order valence-corrected chi connectivity index (χ1v) is 6.55. The molecule has 0 saturated heterocycles. The molecule has 1 aromatic rings.